The molecule has 0 unspecified atom stereocenters. The summed E-state index contributed by atoms with van der Waals surface area (Å²) in [6, 6.07) is 15.7. The maximum Gasteiger partial charge on any atom is 0.119 e. The Kier molecular flexibility index (Phi) is 3.87. The van der Waals surface area contributed by atoms with Gasteiger partial charge in [0.05, 0.1) is 7.11 Å². The number of hydrogen-bond acceptors (Lipinski definition) is 2. The van der Waals surface area contributed by atoms with E-state index in [1.807, 2.05) is 12.1 Å². The van der Waals surface area contributed by atoms with Crippen LogP contribution in [0.1, 0.15) is 31.4 Å². The molecule has 21 heavy (non-hydrogen) atoms. The van der Waals surface area contributed by atoms with Crippen LogP contribution in [0.15, 0.2) is 42.5 Å². The van der Waals surface area contributed by atoms with Gasteiger partial charge in [0, 0.05) is 17.4 Å². The fourth-order valence-electron chi connectivity index (χ4n) is 3.20. The average molecular weight is 281 g/mol. The number of benzene rings is 2. The summed E-state index contributed by atoms with van der Waals surface area (Å²) in [7, 11) is 1.70. The number of rotatable bonds is 4. The fourth-order valence-corrected chi connectivity index (χ4v) is 3.20. The van der Waals surface area contributed by atoms with E-state index < -0.39 is 0 Å². The Bertz CT molecular complexity index is 616. The first-order valence-electron chi connectivity index (χ1n) is 7.74. The van der Waals surface area contributed by atoms with Crippen molar-refractivity contribution in [3.8, 4) is 5.75 Å². The molecule has 0 bridgehead atoms. The second-order valence-electron chi connectivity index (χ2n) is 5.97. The van der Waals surface area contributed by atoms with Gasteiger partial charge in [-0.2, -0.15) is 0 Å². The minimum absolute atomic E-state index is 0.415. The minimum Gasteiger partial charge on any atom is -0.497 e. The SMILES string of the molecule is COc1ccc(N(c2ccc3c(c2)CCC3)C(C)C)cc1. The van der Waals surface area contributed by atoms with Crippen LogP contribution in [0.3, 0.4) is 0 Å². The van der Waals surface area contributed by atoms with Gasteiger partial charge in [0.2, 0.25) is 0 Å². The Labute approximate surface area is 127 Å². The van der Waals surface area contributed by atoms with Crippen molar-refractivity contribution in [3.63, 3.8) is 0 Å². The average Bonchev–Trinajstić information content (AvgIpc) is 2.95. The maximum atomic E-state index is 5.26. The van der Waals surface area contributed by atoms with Crippen LogP contribution in [0.5, 0.6) is 5.75 Å². The van der Waals surface area contributed by atoms with Gasteiger partial charge in [-0.15, -0.1) is 0 Å². The van der Waals surface area contributed by atoms with Crippen molar-refractivity contribution in [2.45, 2.75) is 39.2 Å². The van der Waals surface area contributed by atoms with Gasteiger partial charge in [-0.1, -0.05) is 6.07 Å². The fraction of sp³-hybridized carbons (Fsp3) is 0.368. The molecule has 2 aromatic rings. The van der Waals surface area contributed by atoms with E-state index >= 15 is 0 Å². The van der Waals surface area contributed by atoms with E-state index in [0.717, 1.165) is 5.75 Å². The predicted molar refractivity (Wildman–Crippen MR) is 88.7 cm³/mol. The van der Waals surface area contributed by atoms with Crippen molar-refractivity contribution >= 4 is 11.4 Å². The summed E-state index contributed by atoms with van der Waals surface area (Å²) in [5.74, 6) is 0.899. The van der Waals surface area contributed by atoms with Crippen molar-refractivity contribution in [3.05, 3.63) is 53.6 Å². The molecule has 2 aromatic carbocycles. The molecule has 0 spiro atoms. The number of aryl methyl sites for hydroxylation is 2. The molecule has 110 valence electrons. The predicted octanol–water partition coefficient (Wildman–Crippen LogP) is 4.73. The lowest BCUT2D eigenvalue weighted by Gasteiger charge is -2.30. The first-order valence-corrected chi connectivity index (χ1v) is 7.74. The molecular formula is C19H23NO. The topological polar surface area (TPSA) is 12.5 Å². The third-order valence-electron chi connectivity index (χ3n) is 4.23. The van der Waals surface area contributed by atoms with Gasteiger partial charge in [0.15, 0.2) is 0 Å². The summed E-state index contributed by atoms with van der Waals surface area (Å²) >= 11 is 0. The number of nitrogens with zero attached hydrogens (tertiary/aromatic N) is 1. The van der Waals surface area contributed by atoms with Crippen molar-refractivity contribution < 1.29 is 4.74 Å². The normalized spacial score (nSPS) is 13.3. The van der Waals surface area contributed by atoms with E-state index in [1.54, 1.807) is 7.11 Å². The van der Waals surface area contributed by atoms with Crippen LogP contribution in [0.2, 0.25) is 0 Å². The maximum absolute atomic E-state index is 5.26. The number of hydrogen-bond donors (Lipinski definition) is 0. The third kappa shape index (κ3) is 2.76. The molecule has 0 saturated carbocycles. The lowest BCUT2D eigenvalue weighted by Crippen LogP contribution is -2.25. The summed E-state index contributed by atoms with van der Waals surface area (Å²) in [5, 5.41) is 0. The standard InChI is InChI=1S/C19H23NO/c1-14(2)20(17-9-11-19(21-3)12-10-17)18-8-7-15-5-4-6-16(15)13-18/h7-14H,4-6H2,1-3H3. The molecule has 0 fully saturated rings. The molecule has 0 aliphatic heterocycles. The Morgan fingerprint density at radius 1 is 0.905 bits per heavy atom. The van der Waals surface area contributed by atoms with E-state index in [1.165, 1.54) is 41.8 Å². The lowest BCUT2D eigenvalue weighted by molar-refractivity contribution is 0.415. The van der Waals surface area contributed by atoms with Crippen LogP contribution < -0.4 is 9.64 Å². The second-order valence-corrected chi connectivity index (χ2v) is 5.97. The first-order chi connectivity index (χ1) is 10.2. The van der Waals surface area contributed by atoms with Gasteiger partial charge in [0.25, 0.3) is 0 Å². The van der Waals surface area contributed by atoms with Crippen LogP contribution in [-0.2, 0) is 12.8 Å². The molecule has 3 rings (SSSR count). The molecule has 0 atom stereocenters. The zero-order valence-electron chi connectivity index (χ0n) is 13.1. The van der Waals surface area contributed by atoms with Crippen LogP contribution in [0.25, 0.3) is 0 Å². The number of anilines is 2. The summed E-state index contributed by atoms with van der Waals surface area (Å²) in [4.78, 5) is 2.39. The monoisotopic (exact) mass is 281 g/mol. The molecule has 0 amide bonds. The largest absolute Gasteiger partial charge is 0.497 e. The van der Waals surface area contributed by atoms with Gasteiger partial charge < -0.3 is 9.64 Å². The lowest BCUT2D eigenvalue weighted by atomic mass is 10.1. The molecule has 2 nitrogen and oxygen atoms in total. The Morgan fingerprint density at radius 3 is 2.24 bits per heavy atom. The van der Waals surface area contributed by atoms with Crippen LogP contribution in [-0.4, -0.2) is 13.2 Å². The van der Waals surface area contributed by atoms with Crippen molar-refractivity contribution in [2.24, 2.45) is 0 Å². The van der Waals surface area contributed by atoms with Crippen molar-refractivity contribution in [1.82, 2.24) is 0 Å². The summed E-state index contributed by atoms with van der Waals surface area (Å²) in [6.45, 7) is 4.47. The van der Waals surface area contributed by atoms with E-state index in [4.69, 9.17) is 4.74 Å². The highest BCUT2D eigenvalue weighted by Crippen LogP contribution is 2.33. The molecule has 0 radical (unpaired) electrons. The quantitative estimate of drug-likeness (QED) is 0.803. The molecule has 0 aromatic heterocycles. The second kappa shape index (κ2) is 5.80. The molecule has 1 aliphatic rings. The minimum atomic E-state index is 0.415. The van der Waals surface area contributed by atoms with Gasteiger partial charge in [0.1, 0.15) is 5.75 Å². The summed E-state index contributed by atoms with van der Waals surface area (Å²) in [6.07, 6.45) is 3.75. The van der Waals surface area contributed by atoms with E-state index in [-0.39, 0.29) is 0 Å². The Balaban J connectivity index is 1.97. The van der Waals surface area contributed by atoms with Gasteiger partial charge in [-0.05, 0) is 80.6 Å². The van der Waals surface area contributed by atoms with Crippen molar-refractivity contribution in [2.75, 3.05) is 12.0 Å². The number of ether oxygens (including phenoxy) is 1. The Morgan fingerprint density at radius 2 is 1.57 bits per heavy atom. The molecule has 0 saturated heterocycles. The van der Waals surface area contributed by atoms with Crippen molar-refractivity contribution in [1.29, 1.82) is 0 Å². The third-order valence-corrected chi connectivity index (χ3v) is 4.23. The Hall–Kier alpha value is -1.96. The molecular weight excluding hydrogens is 258 g/mol. The summed E-state index contributed by atoms with van der Waals surface area (Å²) < 4.78 is 5.26. The number of fused-ring (bicyclic) bond motifs is 1. The smallest absolute Gasteiger partial charge is 0.119 e. The van der Waals surface area contributed by atoms with E-state index in [0.29, 0.717) is 6.04 Å². The molecule has 1 aliphatic carbocycles. The highest BCUT2D eigenvalue weighted by molar-refractivity contribution is 5.66. The van der Waals surface area contributed by atoms with Gasteiger partial charge in [-0.25, -0.2) is 0 Å². The first kappa shape index (κ1) is 14.0. The molecule has 0 N–H and O–H groups in total. The number of methoxy groups -OCH3 is 1. The van der Waals surface area contributed by atoms with Crippen LogP contribution in [0.4, 0.5) is 11.4 Å². The van der Waals surface area contributed by atoms with Gasteiger partial charge >= 0.3 is 0 Å². The zero-order chi connectivity index (χ0) is 14.8. The van der Waals surface area contributed by atoms with Crippen LogP contribution >= 0.6 is 0 Å². The molecule has 2 heteroatoms. The van der Waals surface area contributed by atoms with Gasteiger partial charge in [-0.3, -0.25) is 0 Å². The summed E-state index contributed by atoms with van der Waals surface area (Å²) in [5.41, 5.74) is 5.54. The highest BCUT2D eigenvalue weighted by atomic mass is 16.5. The van der Waals surface area contributed by atoms with E-state index in [9.17, 15) is 0 Å². The van der Waals surface area contributed by atoms with Crippen LogP contribution in [0, 0.1) is 0 Å². The zero-order valence-corrected chi connectivity index (χ0v) is 13.1. The van der Waals surface area contributed by atoms with E-state index in [2.05, 4.69) is 49.1 Å². The molecule has 0 heterocycles. The highest BCUT2D eigenvalue weighted by Gasteiger charge is 2.17.